The number of rotatable bonds is 4. The van der Waals surface area contributed by atoms with Gasteiger partial charge in [0.15, 0.2) is 5.13 Å². The van der Waals surface area contributed by atoms with Crippen LogP contribution in [0.2, 0.25) is 0 Å². The molecule has 0 atom stereocenters. The Bertz CT molecular complexity index is 1120. The van der Waals surface area contributed by atoms with Gasteiger partial charge in [0.05, 0.1) is 27.5 Å². The van der Waals surface area contributed by atoms with Gasteiger partial charge in [0.1, 0.15) is 4.88 Å². The fraction of sp³-hybridized carbons (Fsp3) is 0.190. The van der Waals surface area contributed by atoms with Crippen LogP contribution >= 0.6 is 22.7 Å². The van der Waals surface area contributed by atoms with E-state index in [9.17, 15) is 4.79 Å². The molecule has 136 valence electrons. The van der Waals surface area contributed by atoms with E-state index >= 15 is 0 Å². The van der Waals surface area contributed by atoms with Crippen molar-refractivity contribution in [2.75, 3.05) is 4.90 Å². The van der Waals surface area contributed by atoms with E-state index in [1.54, 1.807) is 16.2 Å². The van der Waals surface area contributed by atoms with Crippen molar-refractivity contribution in [1.29, 1.82) is 0 Å². The molecule has 2 heterocycles. The van der Waals surface area contributed by atoms with Crippen LogP contribution in [0.1, 0.15) is 31.5 Å². The number of hydrogen-bond acceptors (Lipinski definition) is 5. The van der Waals surface area contributed by atoms with E-state index in [-0.39, 0.29) is 5.91 Å². The second-order valence-corrected chi connectivity index (χ2v) is 8.65. The Morgan fingerprint density at radius 3 is 2.41 bits per heavy atom. The number of amides is 1. The van der Waals surface area contributed by atoms with Crippen molar-refractivity contribution in [3.8, 4) is 0 Å². The van der Waals surface area contributed by atoms with Crippen LogP contribution in [-0.2, 0) is 6.54 Å². The van der Waals surface area contributed by atoms with Gasteiger partial charge in [-0.25, -0.2) is 9.97 Å². The smallest absolute Gasteiger partial charge is 0.272 e. The highest BCUT2D eigenvalue weighted by Gasteiger charge is 2.25. The molecule has 0 spiro atoms. The van der Waals surface area contributed by atoms with Crippen LogP contribution in [0, 0.1) is 20.8 Å². The maximum absolute atomic E-state index is 13.4. The fourth-order valence-corrected chi connectivity index (χ4v) is 4.94. The Hall–Kier alpha value is -2.57. The van der Waals surface area contributed by atoms with Crippen LogP contribution in [0.25, 0.3) is 10.2 Å². The average molecular weight is 394 g/mol. The standard InChI is InChI=1S/C21H19N3OS2/c1-13-8-7-11-17-18(13)23-21(27-17)24(12-16-9-5-4-6-10-16)20(25)19-14(2)22-15(3)26-19/h4-11H,12H2,1-3H3. The third-order valence-electron chi connectivity index (χ3n) is 4.37. The molecule has 2 aromatic carbocycles. The van der Waals surface area contributed by atoms with Gasteiger partial charge in [0.25, 0.3) is 5.91 Å². The number of fused-ring (bicyclic) bond motifs is 1. The number of anilines is 1. The largest absolute Gasteiger partial charge is 0.279 e. The van der Waals surface area contributed by atoms with Gasteiger partial charge in [0.2, 0.25) is 0 Å². The molecule has 0 bridgehead atoms. The summed E-state index contributed by atoms with van der Waals surface area (Å²) in [6.07, 6.45) is 0. The second-order valence-electron chi connectivity index (χ2n) is 6.44. The number of aromatic nitrogens is 2. The zero-order valence-corrected chi connectivity index (χ0v) is 17.0. The van der Waals surface area contributed by atoms with E-state index in [0.717, 1.165) is 37.2 Å². The molecule has 27 heavy (non-hydrogen) atoms. The number of carbonyl (C=O) groups excluding carboxylic acids is 1. The first-order chi connectivity index (χ1) is 13.0. The minimum absolute atomic E-state index is 0.0429. The van der Waals surface area contributed by atoms with E-state index in [4.69, 9.17) is 4.98 Å². The lowest BCUT2D eigenvalue weighted by Crippen LogP contribution is -2.30. The number of hydrogen-bond donors (Lipinski definition) is 0. The lowest BCUT2D eigenvalue weighted by molar-refractivity contribution is 0.0988. The lowest BCUT2D eigenvalue weighted by atomic mass is 10.2. The number of para-hydroxylation sites is 1. The minimum atomic E-state index is -0.0429. The zero-order valence-electron chi connectivity index (χ0n) is 15.4. The Kier molecular flexibility index (Phi) is 4.76. The zero-order chi connectivity index (χ0) is 19.0. The average Bonchev–Trinajstić information content (AvgIpc) is 3.23. The predicted molar refractivity (Wildman–Crippen MR) is 113 cm³/mol. The predicted octanol–water partition coefficient (Wildman–Crippen LogP) is 5.53. The number of benzene rings is 2. The topological polar surface area (TPSA) is 46.1 Å². The van der Waals surface area contributed by atoms with Crippen LogP contribution in [0.15, 0.2) is 48.5 Å². The molecular formula is C21H19N3OS2. The van der Waals surface area contributed by atoms with Crippen LogP contribution in [0.3, 0.4) is 0 Å². The van der Waals surface area contributed by atoms with E-state index in [0.29, 0.717) is 11.4 Å². The number of carbonyl (C=O) groups is 1. The number of aryl methyl sites for hydroxylation is 3. The summed E-state index contributed by atoms with van der Waals surface area (Å²) < 4.78 is 1.09. The van der Waals surface area contributed by atoms with Crippen molar-refractivity contribution in [1.82, 2.24) is 9.97 Å². The molecule has 6 heteroatoms. The van der Waals surface area contributed by atoms with Crippen molar-refractivity contribution >= 4 is 43.9 Å². The van der Waals surface area contributed by atoms with Gasteiger partial charge < -0.3 is 0 Å². The fourth-order valence-electron chi connectivity index (χ4n) is 3.03. The Morgan fingerprint density at radius 2 is 1.74 bits per heavy atom. The van der Waals surface area contributed by atoms with Crippen LogP contribution in [0.5, 0.6) is 0 Å². The van der Waals surface area contributed by atoms with Crippen molar-refractivity contribution in [3.63, 3.8) is 0 Å². The lowest BCUT2D eigenvalue weighted by Gasteiger charge is -2.19. The number of thiazole rings is 2. The molecule has 0 fully saturated rings. The molecule has 2 aromatic heterocycles. The van der Waals surface area contributed by atoms with Gasteiger partial charge in [-0.3, -0.25) is 9.69 Å². The van der Waals surface area contributed by atoms with E-state index < -0.39 is 0 Å². The molecule has 0 saturated heterocycles. The van der Waals surface area contributed by atoms with Crippen molar-refractivity contribution in [2.24, 2.45) is 0 Å². The monoisotopic (exact) mass is 393 g/mol. The molecule has 0 radical (unpaired) electrons. The molecule has 0 unspecified atom stereocenters. The first kappa shape index (κ1) is 17.8. The highest BCUT2D eigenvalue weighted by molar-refractivity contribution is 7.22. The summed E-state index contributed by atoms with van der Waals surface area (Å²) in [4.78, 5) is 25.1. The molecule has 1 amide bonds. The van der Waals surface area contributed by atoms with Crippen LogP contribution in [-0.4, -0.2) is 15.9 Å². The van der Waals surface area contributed by atoms with Gasteiger partial charge in [-0.15, -0.1) is 11.3 Å². The molecule has 4 rings (SSSR count). The SMILES string of the molecule is Cc1nc(C)c(C(=O)N(Cc2ccccc2)c2nc3c(C)cccc3s2)s1. The molecule has 4 nitrogen and oxygen atoms in total. The summed E-state index contributed by atoms with van der Waals surface area (Å²) in [5.74, 6) is -0.0429. The summed E-state index contributed by atoms with van der Waals surface area (Å²) in [6.45, 7) is 6.35. The summed E-state index contributed by atoms with van der Waals surface area (Å²) >= 11 is 2.99. The van der Waals surface area contributed by atoms with Crippen LogP contribution in [0.4, 0.5) is 5.13 Å². The first-order valence-electron chi connectivity index (χ1n) is 8.69. The van der Waals surface area contributed by atoms with Crippen molar-refractivity contribution in [2.45, 2.75) is 27.3 Å². The van der Waals surface area contributed by atoms with Gasteiger partial charge in [-0.05, 0) is 38.0 Å². The van der Waals surface area contributed by atoms with E-state index in [1.807, 2.05) is 63.2 Å². The Morgan fingerprint density at radius 1 is 0.963 bits per heavy atom. The maximum atomic E-state index is 13.4. The molecule has 4 aromatic rings. The summed E-state index contributed by atoms with van der Waals surface area (Å²) in [5, 5.41) is 1.62. The van der Waals surface area contributed by atoms with Gasteiger partial charge in [0, 0.05) is 0 Å². The van der Waals surface area contributed by atoms with E-state index in [1.165, 1.54) is 11.3 Å². The van der Waals surface area contributed by atoms with Crippen molar-refractivity contribution < 1.29 is 4.79 Å². The van der Waals surface area contributed by atoms with Gasteiger partial charge >= 0.3 is 0 Å². The van der Waals surface area contributed by atoms with Gasteiger partial charge in [-0.2, -0.15) is 0 Å². The third kappa shape index (κ3) is 3.50. The Labute approximate surface area is 166 Å². The molecule has 0 saturated carbocycles. The molecule has 0 N–H and O–H groups in total. The summed E-state index contributed by atoms with van der Waals surface area (Å²) in [7, 11) is 0. The van der Waals surface area contributed by atoms with Crippen molar-refractivity contribution in [3.05, 3.63) is 75.2 Å². The highest BCUT2D eigenvalue weighted by Crippen LogP contribution is 2.33. The van der Waals surface area contributed by atoms with E-state index in [2.05, 4.69) is 11.1 Å². The molecule has 0 aliphatic rings. The van der Waals surface area contributed by atoms with Gasteiger partial charge in [-0.1, -0.05) is 53.8 Å². The number of nitrogens with zero attached hydrogens (tertiary/aromatic N) is 3. The second kappa shape index (κ2) is 7.21. The minimum Gasteiger partial charge on any atom is -0.279 e. The highest BCUT2D eigenvalue weighted by atomic mass is 32.1. The first-order valence-corrected chi connectivity index (χ1v) is 10.3. The quantitative estimate of drug-likeness (QED) is 0.458. The summed E-state index contributed by atoms with van der Waals surface area (Å²) in [6, 6.07) is 16.1. The molecular weight excluding hydrogens is 374 g/mol. The summed E-state index contributed by atoms with van der Waals surface area (Å²) in [5.41, 5.74) is 3.92. The molecule has 0 aliphatic carbocycles. The normalized spacial score (nSPS) is 11.1. The Balaban J connectivity index is 1.80. The van der Waals surface area contributed by atoms with Crippen LogP contribution < -0.4 is 4.90 Å². The maximum Gasteiger partial charge on any atom is 0.272 e. The third-order valence-corrected chi connectivity index (χ3v) is 6.47. The molecule has 0 aliphatic heterocycles.